The maximum atomic E-state index is 5.97. The van der Waals surface area contributed by atoms with Crippen molar-refractivity contribution in [2.75, 3.05) is 6.54 Å². The van der Waals surface area contributed by atoms with E-state index in [9.17, 15) is 0 Å². The van der Waals surface area contributed by atoms with Crippen molar-refractivity contribution in [3.05, 3.63) is 35.2 Å². The standard InChI is InChI=1S/C15H20ClN3O/c1-15(2,3)8-11(9-17)14-18-13(19-20-14)10-5-4-6-12(16)7-10/h4-7,11H,8-9,17H2,1-3H3. The first-order valence-electron chi connectivity index (χ1n) is 6.68. The molecule has 1 aromatic carbocycles. The molecule has 1 unspecified atom stereocenters. The highest BCUT2D eigenvalue weighted by Crippen LogP contribution is 2.30. The third-order valence-corrected chi connectivity index (χ3v) is 3.25. The van der Waals surface area contributed by atoms with Crippen LogP contribution < -0.4 is 5.73 Å². The molecule has 0 radical (unpaired) electrons. The number of benzene rings is 1. The van der Waals surface area contributed by atoms with Crippen LogP contribution in [0.1, 0.15) is 39.0 Å². The Hall–Kier alpha value is -1.39. The average Bonchev–Trinajstić information content (AvgIpc) is 2.84. The second-order valence-corrected chi connectivity index (χ2v) is 6.60. The van der Waals surface area contributed by atoms with Gasteiger partial charge in [0.15, 0.2) is 0 Å². The Morgan fingerprint density at radius 1 is 1.35 bits per heavy atom. The van der Waals surface area contributed by atoms with Gasteiger partial charge in [-0.25, -0.2) is 0 Å². The molecule has 1 atom stereocenters. The van der Waals surface area contributed by atoms with Crippen LogP contribution in [0.3, 0.4) is 0 Å². The van der Waals surface area contributed by atoms with Gasteiger partial charge in [0.2, 0.25) is 11.7 Å². The second-order valence-electron chi connectivity index (χ2n) is 6.16. The van der Waals surface area contributed by atoms with Crippen LogP contribution in [0.15, 0.2) is 28.8 Å². The number of nitrogens with two attached hydrogens (primary N) is 1. The fourth-order valence-corrected chi connectivity index (χ4v) is 2.35. The number of hydrogen-bond donors (Lipinski definition) is 1. The summed E-state index contributed by atoms with van der Waals surface area (Å²) in [5.74, 6) is 1.22. The Morgan fingerprint density at radius 2 is 2.10 bits per heavy atom. The van der Waals surface area contributed by atoms with Crippen molar-refractivity contribution < 1.29 is 4.52 Å². The van der Waals surface area contributed by atoms with Crippen LogP contribution in [0.2, 0.25) is 5.02 Å². The van der Waals surface area contributed by atoms with E-state index in [1.54, 1.807) is 0 Å². The maximum Gasteiger partial charge on any atom is 0.231 e. The Morgan fingerprint density at radius 3 is 2.70 bits per heavy atom. The number of halogens is 1. The minimum atomic E-state index is 0.0791. The van der Waals surface area contributed by atoms with Gasteiger partial charge >= 0.3 is 0 Å². The summed E-state index contributed by atoms with van der Waals surface area (Å²) >= 11 is 5.97. The van der Waals surface area contributed by atoms with Crippen LogP contribution in [0.5, 0.6) is 0 Å². The van der Waals surface area contributed by atoms with E-state index in [-0.39, 0.29) is 11.3 Å². The Bertz CT molecular complexity index is 574. The van der Waals surface area contributed by atoms with Gasteiger partial charge in [0.05, 0.1) is 5.92 Å². The van der Waals surface area contributed by atoms with Gasteiger partial charge in [0.25, 0.3) is 0 Å². The highest BCUT2D eigenvalue weighted by molar-refractivity contribution is 6.30. The minimum Gasteiger partial charge on any atom is -0.339 e. The zero-order valence-corrected chi connectivity index (χ0v) is 12.8. The molecule has 5 heteroatoms. The zero-order valence-electron chi connectivity index (χ0n) is 12.1. The number of rotatable bonds is 4. The third-order valence-electron chi connectivity index (χ3n) is 3.02. The summed E-state index contributed by atoms with van der Waals surface area (Å²) < 4.78 is 5.37. The van der Waals surface area contributed by atoms with Gasteiger partial charge in [-0.2, -0.15) is 4.98 Å². The SMILES string of the molecule is CC(C)(C)CC(CN)c1nc(-c2cccc(Cl)c2)no1. The summed E-state index contributed by atoms with van der Waals surface area (Å²) in [6.07, 6.45) is 0.903. The maximum absolute atomic E-state index is 5.97. The predicted octanol–water partition coefficient (Wildman–Crippen LogP) is 3.87. The monoisotopic (exact) mass is 293 g/mol. The van der Waals surface area contributed by atoms with Crippen molar-refractivity contribution in [1.82, 2.24) is 10.1 Å². The van der Waals surface area contributed by atoms with Crippen LogP contribution in [0.25, 0.3) is 11.4 Å². The van der Waals surface area contributed by atoms with Gasteiger partial charge in [-0.15, -0.1) is 0 Å². The molecule has 1 heterocycles. The highest BCUT2D eigenvalue weighted by Gasteiger charge is 2.24. The smallest absolute Gasteiger partial charge is 0.231 e. The second kappa shape index (κ2) is 5.94. The third kappa shape index (κ3) is 3.81. The lowest BCUT2D eigenvalue weighted by molar-refractivity contribution is 0.287. The molecule has 0 spiro atoms. The van der Waals surface area contributed by atoms with Gasteiger partial charge in [0, 0.05) is 17.1 Å². The molecule has 0 bridgehead atoms. The van der Waals surface area contributed by atoms with Gasteiger partial charge < -0.3 is 10.3 Å². The molecule has 2 rings (SSSR count). The molecule has 0 aliphatic carbocycles. The van der Waals surface area contributed by atoms with E-state index in [4.69, 9.17) is 21.9 Å². The van der Waals surface area contributed by atoms with Crippen LogP contribution >= 0.6 is 11.6 Å². The molecular formula is C15H20ClN3O. The first-order valence-corrected chi connectivity index (χ1v) is 7.06. The fourth-order valence-electron chi connectivity index (χ4n) is 2.16. The van der Waals surface area contributed by atoms with Crippen LogP contribution in [0.4, 0.5) is 0 Å². The van der Waals surface area contributed by atoms with Crippen LogP contribution in [0, 0.1) is 5.41 Å². The van der Waals surface area contributed by atoms with E-state index in [1.165, 1.54) is 0 Å². The predicted molar refractivity (Wildman–Crippen MR) is 80.6 cm³/mol. The molecule has 0 aliphatic heterocycles. The summed E-state index contributed by atoms with van der Waals surface area (Å²) in [7, 11) is 0. The molecule has 2 N–H and O–H groups in total. The summed E-state index contributed by atoms with van der Waals surface area (Å²) in [5.41, 5.74) is 6.84. The summed E-state index contributed by atoms with van der Waals surface area (Å²) in [4.78, 5) is 4.46. The van der Waals surface area contributed by atoms with Crippen molar-refractivity contribution in [3.8, 4) is 11.4 Å². The van der Waals surface area contributed by atoms with Gasteiger partial charge in [-0.1, -0.05) is 49.7 Å². The molecule has 0 amide bonds. The minimum absolute atomic E-state index is 0.0791. The molecular weight excluding hydrogens is 274 g/mol. The fraction of sp³-hybridized carbons (Fsp3) is 0.467. The Labute approximate surface area is 124 Å². The average molecular weight is 294 g/mol. The van der Waals surface area contributed by atoms with E-state index in [2.05, 4.69) is 30.9 Å². The van der Waals surface area contributed by atoms with Crippen molar-refractivity contribution >= 4 is 11.6 Å². The molecule has 0 aliphatic rings. The lowest BCUT2D eigenvalue weighted by atomic mass is 9.84. The lowest BCUT2D eigenvalue weighted by Crippen LogP contribution is -2.19. The molecule has 0 fully saturated rings. The van der Waals surface area contributed by atoms with Gasteiger partial charge in [-0.3, -0.25) is 0 Å². The molecule has 20 heavy (non-hydrogen) atoms. The first kappa shape index (κ1) is 15.0. The van der Waals surface area contributed by atoms with E-state index < -0.39 is 0 Å². The van der Waals surface area contributed by atoms with E-state index in [0.717, 1.165) is 12.0 Å². The van der Waals surface area contributed by atoms with E-state index in [0.29, 0.717) is 23.3 Å². The van der Waals surface area contributed by atoms with Gasteiger partial charge in [-0.05, 0) is 24.0 Å². The number of hydrogen-bond acceptors (Lipinski definition) is 4. The normalized spacial score (nSPS) is 13.4. The topological polar surface area (TPSA) is 64.9 Å². The molecule has 0 saturated heterocycles. The number of nitrogens with zero attached hydrogens (tertiary/aromatic N) is 2. The first-order chi connectivity index (χ1) is 9.39. The number of aromatic nitrogens is 2. The largest absolute Gasteiger partial charge is 0.339 e. The molecule has 4 nitrogen and oxygen atoms in total. The van der Waals surface area contributed by atoms with Crippen LogP contribution in [-0.4, -0.2) is 16.7 Å². The summed E-state index contributed by atoms with van der Waals surface area (Å²) in [6.45, 7) is 7.01. The quantitative estimate of drug-likeness (QED) is 0.929. The molecule has 0 saturated carbocycles. The van der Waals surface area contributed by atoms with Crippen molar-refractivity contribution in [2.24, 2.45) is 11.1 Å². The van der Waals surface area contributed by atoms with Crippen molar-refractivity contribution in [3.63, 3.8) is 0 Å². The van der Waals surface area contributed by atoms with E-state index in [1.807, 2.05) is 24.3 Å². The summed E-state index contributed by atoms with van der Waals surface area (Å²) in [6, 6.07) is 7.40. The molecule has 2 aromatic rings. The highest BCUT2D eigenvalue weighted by atomic mass is 35.5. The van der Waals surface area contributed by atoms with Crippen LogP contribution in [-0.2, 0) is 0 Å². The Kier molecular flexibility index (Phi) is 4.45. The van der Waals surface area contributed by atoms with Crippen molar-refractivity contribution in [1.29, 1.82) is 0 Å². The van der Waals surface area contributed by atoms with Gasteiger partial charge in [0.1, 0.15) is 0 Å². The van der Waals surface area contributed by atoms with E-state index >= 15 is 0 Å². The Balaban J connectivity index is 2.23. The molecule has 108 valence electrons. The lowest BCUT2D eigenvalue weighted by Gasteiger charge is -2.22. The summed E-state index contributed by atoms with van der Waals surface area (Å²) in [5, 5.41) is 4.68. The zero-order chi connectivity index (χ0) is 14.8. The van der Waals surface area contributed by atoms with Crippen molar-refractivity contribution in [2.45, 2.75) is 33.1 Å². The molecule has 1 aromatic heterocycles.